The number of hydrogen-bond donors (Lipinski definition) is 3. The second-order valence-corrected chi connectivity index (χ2v) is 6.54. The molecule has 2 saturated carbocycles. The first kappa shape index (κ1) is 10.9. The number of nitrogen functional groups attached to an aromatic ring is 1. The maximum Gasteiger partial charge on any atom is 0.243 e. The first-order chi connectivity index (χ1) is 7.92. The summed E-state index contributed by atoms with van der Waals surface area (Å²) in [6.45, 7) is 7.10. The second kappa shape index (κ2) is 3.15. The molecule has 1 aromatic rings. The minimum atomic E-state index is 0.308. The van der Waals surface area contributed by atoms with Crippen molar-refractivity contribution in [2.75, 3.05) is 11.1 Å². The van der Waals surface area contributed by atoms with E-state index in [1.165, 1.54) is 19.3 Å². The van der Waals surface area contributed by atoms with Gasteiger partial charge in [-0.1, -0.05) is 20.8 Å². The highest BCUT2D eigenvalue weighted by atomic mass is 15.3. The van der Waals surface area contributed by atoms with Gasteiger partial charge >= 0.3 is 0 Å². The second-order valence-electron chi connectivity index (χ2n) is 6.54. The molecule has 0 aliphatic heterocycles. The number of aromatic amines is 1. The van der Waals surface area contributed by atoms with Crippen molar-refractivity contribution in [2.24, 2.45) is 16.7 Å². The summed E-state index contributed by atoms with van der Waals surface area (Å²) in [5, 5.41) is 10.3. The molecule has 2 fully saturated rings. The maximum atomic E-state index is 5.56. The molecular formula is C12H21N5. The Morgan fingerprint density at radius 3 is 2.71 bits per heavy atom. The molecule has 0 spiro atoms. The highest BCUT2D eigenvalue weighted by Gasteiger charge is 2.59. The van der Waals surface area contributed by atoms with Crippen molar-refractivity contribution in [1.29, 1.82) is 0 Å². The van der Waals surface area contributed by atoms with Crippen molar-refractivity contribution in [3.05, 3.63) is 0 Å². The number of nitrogens with one attached hydrogen (secondary N) is 2. The zero-order chi connectivity index (χ0) is 12.3. The van der Waals surface area contributed by atoms with Crippen LogP contribution in [0.4, 0.5) is 11.9 Å². The molecule has 0 saturated heterocycles. The summed E-state index contributed by atoms with van der Waals surface area (Å²) >= 11 is 0. The SMILES string of the molecule is CC12CCC(C1)C(C)(C)C2Nc1n[nH]c(N)n1. The van der Waals surface area contributed by atoms with Gasteiger partial charge in [0.2, 0.25) is 11.9 Å². The number of hydrogen-bond acceptors (Lipinski definition) is 4. The van der Waals surface area contributed by atoms with Crippen molar-refractivity contribution in [1.82, 2.24) is 15.2 Å². The molecule has 3 rings (SSSR count). The topological polar surface area (TPSA) is 79.6 Å². The number of aromatic nitrogens is 3. The maximum absolute atomic E-state index is 5.56. The third-order valence-electron chi connectivity index (χ3n) is 5.05. The lowest BCUT2D eigenvalue weighted by Crippen LogP contribution is -2.46. The summed E-state index contributed by atoms with van der Waals surface area (Å²) in [4.78, 5) is 4.15. The smallest absolute Gasteiger partial charge is 0.243 e. The number of anilines is 2. The third kappa shape index (κ3) is 1.44. The quantitative estimate of drug-likeness (QED) is 0.732. The summed E-state index contributed by atoms with van der Waals surface area (Å²) < 4.78 is 0. The molecule has 2 aliphatic rings. The van der Waals surface area contributed by atoms with Crippen molar-refractivity contribution >= 4 is 11.9 Å². The van der Waals surface area contributed by atoms with Crippen LogP contribution in [0.3, 0.4) is 0 Å². The largest absolute Gasteiger partial charge is 0.368 e. The molecule has 0 aromatic carbocycles. The van der Waals surface area contributed by atoms with Crippen molar-refractivity contribution in [3.63, 3.8) is 0 Å². The van der Waals surface area contributed by atoms with Gasteiger partial charge in [0.25, 0.3) is 0 Å². The molecule has 2 bridgehead atoms. The monoisotopic (exact) mass is 235 g/mol. The van der Waals surface area contributed by atoms with E-state index in [1.54, 1.807) is 0 Å². The highest BCUT2D eigenvalue weighted by Crippen LogP contribution is 2.62. The first-order valence-electron chi connectivity index (χ1n) is 6.36. The van der Waals surface area contributed by atoms with Crippen LogP contribution in [0, 0.1) is 16.7 Å². The normalized spacial score (nSPS) is 38.5. The summed E-state index contributed by atoms with van der Waals surface area (Å²) in [5.41, 5.74) is 6.25. The van der Waals surface area contributed by atoms with Gasteiger partial charge in [0.15, 0.2) is 0 Å². The molecule has 3 atom stereocenters. The molecular weight excluding hydrogens is 214 g/mol. The van der Waals surface area contributed by atoms with Crippen molar-refractivity contribution in [2.45, 2.75) is 46.1 Å². The molecule has 5 nitrogen and oxygen atoms in total. The molecule has 5 heteroatoms. The average Bonchev–Trinajstić information content (AvgIpc) is 2.85. The molecule has 2 aliphatic carbocycles. The first-order valence-corrected chi connectivity index (χ1v) is 6.36. The predicted octanol–water partition coefficient (Wildman–Crippen LogP) is 2.01. The van der Waals surface area contributed by atoms with Crippen LogP contribution in [0.2, 0.25) is 0 Å². The zero-order valence-electron chi connectivity index (χ0n) is 10.7. The van der Waals surface area contributed by atoms with Gasteiger partial charge in [-0.25, -0.2) is 5.10 Å². The number of fused-ring (bicyclic) bond motifs is 2. The fourth-order valence-electron chi connectivity index (χ4n) is 4.13. The van der Waals surface area contributed by atoms with E-state index in [0.717, 1.165) is 5.92 Å². The van der Waals surface area contributed by atoms with Crippen molar-refractivity contribution < 1.29 is 0 Å². The van der Waals surface area contributed by atoms with Crippen LogP contribution in [-0.4, -0.2) is 21.2 Å². The van der Waals surface area contributed by atoms with Gasteiger partial charge < -0.3 is 11.1 Å². The fraction of sp³-hybridized carbons (Fsp3) is 0.833. The van der Waals surface area contributed by atoms with Crippen LogP contribution in [0.25, 0.3) is 0 Å². The molecule has 1 heterocycles. The Balaban J connectivity index is 1.87. The Labute approximate surface area is 102 Å². The van der Waals surface area contributed by atoms with Gasteiger partial charge in [-0.2, -0.15) is 4.98 Å². The van der Waals surface area contributed by atoms with Gasteiger partial charge in [0.1, 0.15) is 0 Å². The van der Waals surface area contributed by atoms with E-state index in [0.29, 0.717) is 28.8 Å². The lowest BCUT2D eigenvalue weighted by molar-refractivity contribution is 0.155. The van der Waals surface area contributed by atoms with Crippen LogP contribution < -0.4 is 11.1 Å². The van der Waals surface area contributed by atoms with E-state index in [-0.39, 0.29) is 0 Å². The molecule has 0 amide bonds. The summed E-state index contributed by atoms with van der Waals surface area (Å²) in [5.74, 6) is 1.83. The summed E-state index contributed by atoms with van der Waals surface area (Å²) in [6.07, 6.45) is 3.98. The molecule has 94 valence electrons. The Bertz CT molecular complexity index is 433. The van der Waals surface area contributed by atoms with Gasteiger partial charge in [-0.3, -0.25) is 0 Å². The molecule has 4 N–H and O–H groups in total. The van der Waals surface area contributed by atoms with Crippen LogP contribution in [0.1, 0.15) is 40.0 Å². The van der Waals surface area contributed by atoms with E-state index in [9.17, 15) is 0 Å². The number of H-pyrrole nitrogens is 1. The summed E-state index contributed by atoms with van der Waals surface area (Å²) in [7, 11) is 0. The fourth-order valence-corrected chi connectivity index (χ4v) is 4.13. The minimum Gasteiger partial charge on any atom is -0.368 e. The van der Waals surface area contributed by atoms with E-state index in [2.05, 4.69) is 41.3 Å². The van der Waals surface area contributed by atoms with Gasteiger partial charge in [-0.15, -0.1) is 5.10 Å². The lowest BCUT2D eigenvalue weighted by atomic mass is 9.68. The lowest BCUT2D eigenvalue weighted by Gasteiger charge is -2.42. The number of nitrogens with two attached hydrogens (primary N) is 1. The number of nitrogens with zero attached hydrogens (tertiary/aromatic N) is 2. The Morgan fingerprint density at radius 2 is 2.18 bits per heavy atom. The van der Waals surface area contributed by atoms with E-state index < -0.39 is 0 Å². The zero-order valence-corrected chi connectivity index (χ0v) is 10.7. The number of rotatable bonds is 2. The highest BCUT2D eigenvalue weighted by molar-refractivity contribution is 5.34. The third-order valence-corrected chi connectivity index (χ3v) is 5.05. The van der Waals surface area contributed by atoms with E-state index in [1.807, 2.05) is 0 Å². The van der Waals surface area contributed by atoms with Crippen LogP contribution >= 0.6 is 0 Å². The van der Waals surface area contributed by atoms with Crippen LogP contribution in [0.5, 0.6) is 0 Å². The standard InChI is InChI=1S/C12H21N5/c1-11(2)7-4-5-12(3,6-7)8(11)14-10-15-9(13)16-17-10/h7-8H,4-6H2,1-3H3,(H4,13,14,15,16,17). The molecule has 3 unspecified atom stereocenters. The molecule has 1 aromatic heterocycles. The Morgan fingerprint density at radius 1 is 1.41 bits per heavy atom. The minimum absolute atomic E-state index is 0.308. The van der Waals surface area contributed by atoms with Crippen LogP contribution in [-0.2, 0) is 0 Å². The Kier molecular flexibility index (Phi) is 2.01. The summed E-state index contributed by atoms with van der Waals surface area (Å²) in [6, 6.07) is 0.434. The van der Waals surface area contributed by atoms with Crippen molar-refractivity contribution in [3.8, 4) is 0 Å². The average molecular weight is 235 g/mol. The Hall–Kier alpha value is -1.26. The predicted molar refractivity (Wildman–Crippen MR) is 67.4 cm³/mol. The molecule has 0 radical (unpaired) electrons. The van der Waals surface area contributed by atoms with Gasteiger partial charge in [0, 0.05) is 6.04 Å². The van der Waals surface area contributed by atoms with Gasteiger partial charge in [-0.05, 0) is 36.0 Å². The van der Waals surface area contributed by atoms with Gasteiger partial charge in [0.05, 0.1) is 0 Å². The van der Waals surface area contributed by atoms with E-state index >= 15 is 0 Å². The van der Waals surface area contributed by atoms with E-state index in [4.69, 9.17) is 5.73 Å². The molecule has 17 heavy (non-hydrogen) atoms. The van der Waals surface area contributed by atoms with Crippen LogP contribution in [0.15, 0.2) is 0 Å².